The number of anilines is 1. The van der Waals surface area contributed by atoms with Crippen LogP contribution in [0.15, 0.2) is 17.5 Å². The molecule has 3 aromatic rings. The summed E-state index contributed by atoms with van der Waals surface area (Å²) in [5, 5.41) is 6.49. The largest absolute Gasteiger partial charge is 0.351 e. The number of rotatable bonds is 3. The summed E-state index contributed by atoms with van der Waals surface area (Å²) in [7, 11) is 1.94. The van der Waals surface area contributed by atoms with Crippen LogP contribution in [0.25, 0.3) is 11.0 Å². The third kappa shape index (κ3) is 3.18. The second-order valence-electron chi connectivity index (χ2n) is 7.22. The molecule has 1 fully saturated rings. The highest BCUT2D eigenvalue weighted by atomic mass is 32.1. The van der Waals surface area contributed by atoms with Gasteiger partial charge < -0.3 is 9.80 Å². The quantitative estimate of drug-likeness (QED) is 0.695. The molecule has 1 aliphatic rings. The summed E-state index contributed by atoms with van der Waals surface area (Å²) < 4.78 is 1.87. The standard InChI is InChI=1S/C19H24N6OS/c1-12(2)17-20-15-13(3)22-23(4)16(15)18(21-17)24-7-9-25(10-8-24)19(26)14-6-5-11-27-14/h5-6,11-12H,7-10H2,1-4H3. The Kier molecular flexibility index (Phi) is 4.59. The molecule has 0 bridgehead atoms. The number of hydrogen-bond donors (Lipinski definition) is 0. The number of aryl methyl sites for hydroxylation is 2. The van der Waals surface area contributed by atoms with Crippen molar-refractivity contribution in [1.29, 1.82) is 0 Å². The molecule has 8 heteroatoms. The molecular formula is C19H24N6OS. The maximum absolute atomic E-state index is 12.6. The monoisotopic (exact) mass is 384 g/mol. The molecular weight excluding hydrogens is 360 g/mol. The van der Waals surface area contributed by atoms with Crippen LogP contribution < -0.4 is 4.90 Å². The van der Waals surface area contributed by atoms with Crippen LogP contribution in [0.5, 0.6) is 0 Å². The molecule has 0 atom stereocenters. The van der Waals surface area contributed by atoms with Gasteiger partial charge in [0.2, 0.25) is 0 Å². The molecule has 4 heterocycles. The van der Waals surface area contributed by atoms with Crippen LogP contribution >= 0.6 is 11.3 Å². The van der Waals surface area contributed by atoms with Crippen LogP contribution in [0.1, 0.15) is 41.0 Å². The second-order valence-corrected chi connectivity index (χ2v) is 8.17. The van der Waals surface area contributed by atoms with Gasteiger partial charge in [0, 0.05) is 39.1 Å². The number of carbonyl (C=O) groups is 1. The molecule has 1 aliphatic heterocycles. The Balaban J connectivity index is 1.63. The van der Waals surface area contributed by atoms with E-state index in [1.807, 2.05) is 41.1 Å². The predicted molar refractivity (Wildman–Crippen MR) is 108 cm³/mol. The first kappa shape index (κ1) is 17.9. The summed E-state index contributed by atoms with van der Waals surface area (Å²) in [6, 6.07) is 3.81. The van der Waals surface area contributed by atoms with Gasteiger partial charge in [0.25, 0.3) is 5.91 Å². The molecule has 7 nitrogen and oxygen atoms in total. The summed E-state index contributed by atoms with van der Waals surface area (Å²) in [6.07, 6.45) is 0. The minimum Gasteiger partial charge on any atom is -0.351 e. The van der Waals surface area contributed by atoms with Crippen LogP contribution in [0.4, 0.5) is 5.82 Å². The van der Waals surface area contributed by atoms with E-state index < -0.39 is 0 Å². The molecule has 142 valence electrons. The van der Waals surface area contributed by atoms with Crippen molar-refractivity contribution in [3.05, 3.63) is 33.9 Å². The van der Waals surface area contributed by atoms with Gasteiger partial charge in [0.1, 0.15) is 16.9 Å². The molecule has 0 radical (unpaired) electrons. The maximum atomic E-state index is 12.6. The third-order valence-electron chi connectivity index (χ3n) is 4.96. The van der Waals surface area contributed by atoms with Crippen molar-refractivity contribution >= 4 is 34.1 Å². The first-order chi connectivity index (χ1) is 13.0. The Labute approximate surface area is 162 Å². The van der Waals surface area contributed by atoms with Crippen LogP contribution in [0.2, 0.25) is 0 Å². The molecule has 0 unspecified atom stereocenters. The maximum Gasteiger partial charge on any atom is 0.264 e. The topological polar surface area (TPSA) is 67.2 Å². The van der Waals surface area contributed by atoms with Gasteiger partial charge in [-0.05, 0) is 18.4 Å². The van der Waals surface area contributed by atoms with E-state index in [0.717, 1.165) is 46.3 Å². The fraction of sp³-hybridized carbons (Fsp3) is 0.474. The van der Waals surface area contributed by atoms with Crippen molar-refractivity contribution in [2.45, 2.75) is 26.7 Å². The predicted octanol–water partition coefficient (Wildman–Crippen LogP) is 2.82. The Bertz CT molecular complexity index is 970. The second kappa shape index (κ2) is 6.92. The summed E-state index contributed by atoms with van der Waals surface area (Å²) >= 11 is 1.50. The number of hydrogen-bond acceptors (Lipinski definition) is 6. The molecule has 0 spiro atoms. The highest BCUT2D eigenvalue weighted by Gasteiger charge is 2.26. The molecule has 27 heavy (non-hydrogen) atoms. The Morgan fingerprint density at radius 2 is 1.93 bits per heavy atom. The number of nitrogens with zero attached hydrogens (tertiary/aromatic N) is 6. The molecule has 0 N–H and O–H groups in total. The molecule has 0 saturated carbocycles. The number of piperazine rings is 1. The molecule has 1 saturated heterocycles. The van der Waals surface area contributed by atoms with E-state index in [9.17, 15) is 4.79 Å². The lowest BCUT2D eigenvalue weighted by Crippen LogP contribution is -2.49. The van der Waals surface area contributed by atoms with Gasteiger partial charge in [-0.15, -0.1) is 11.3 Å². The van der Waals surface area contributed by atoms with Crippen molar-refractivity contribution < 1.29 is 4.79 Å². The number of fused-ring (bicyclic) bond motifs is 1. The third-order valence-corrected chi connectivity index (χ3v) is 5.82. The molecule has 1 amide bonds. The number of aromatic nitrogens is 4. The van der Waals surface area contributed by atoms with Crippen LogP contribution in [0, 0.1) is 6.92 Å². The van der Waals surface area contributed by atoms with Gasteiger partial charge in [0.05, 0.1) is 10.6 Å². The molecule has 0 aliphatic carbocycles. The summed E-state index contributed by atoms with van der Waals surface area (Å²) in [5.41, 5.74) is 2.81. The molecule has 0 aromatic carbocycles. The van der Waals surface area contributed by atoms with E-state index in [1.165, 1.54) is 11.3 Å². The molecule has 3 aromatic heterocycles. The lowest BCUT2D eigenvalue weighted by Gasteiger charge is -2.35. The smallest absolute Gasteiger partial charge is 0.264 e. The Morgan fingerprint density at radius 3 is 2.56 bits per heavy atom. The average molecular weight is 385 g/mol. The van der Waals surface area contributed by atoms with Crippen molar-refractivity contribution in [2.75, 3.05) is 31.1 Å². The number of amides is 1. The van der Waals surface area contributed by atoms with Gasteiger partial charge in [-0.2, -0.15) is 5.10 Å². The van der Waals surface area contributed by atoms with Crippen molar-refractivity contribution in [3.63, 3.8) is 0 Å². The number of thiophene rings is 1. The van der Waals surface area contributed by atoms with Crippen molar-refractivity contribution in [1.82, 2.24) is 24.6 Å². The highest BCUT2D eigenvalue weighted by Crippen LogP contribution is 2.28. The van der Waals surface area contributed by atoms with Crippen molar-refractivity contribution in [2.24, 2.45) is 7.05 Å². The number of carbonyl (C=O) groups excluding carboxylic acids is 1. The minimum atomic E-state index is 0.122. The van der Waals surface area contributed by atoms with E-state index >= 15 is 0 Å². The fourth-order valence-electron chi connectivity index (χ4n) is 3.49. The SMILES string of the molecule is Cc1nn(C)c2c(N3CCN(C(=O)c4cccs4)CC3)nc(C(C)C)nc12. The Morgan fingerprint density at radius 1 is 1.19 bits per heavy atom. The van der Waals surface area contributed by atoms with Crippen molar-refractivity contribution in [3.8, 4) is 0 Å². The van der Waals surface area contributed by atoms with Gasteiger partial charge in [-0.3, -0.25) is 9.48 Å². The summed E-state index contributed by atoms with van der Waals surface area (Å²) in [5.74, 6) is 2.13. The van der Waals surface area contributed by atoms with Crippen LogP contribution in [-0.4, -0.2) is 56.7 Å². The van der Waals surface area contributed by atoms with Gasteiger partial charge in [0.15, 0.2) is 5.82 Å². The zero-order chi connectivity index (χ0) is 19.1. The minimum absolute atomic E-state index is 0.122. The van der Waals surface area contributed by atoms with E-state index in [1.54, 1.807) is 0 Å². The normalized spacial score (nSPS) is 15.1. The van der Waals surface area contributed by atoms with Crippen LogP contribution in [0.3, 0.4) is 0 Å². The van der Waals surface area contributed by atoms with Gasteiger partial charge >= 0.3 is 0 Å². The van der Waals surface area contributed by atoms with E-state index in [2.05, 4.69) is 23.8 Å². The fourth-order valence-corrected chi connectivity index (χ4v) is 4.18. The van der Waals surface area contributed by atoms with E-state index in [-0.39, 0.29) is 11.8 Å². The molecule has 4 rings (SSSR count). The average Bonchev–Trinajstić information content (AvgIpc) is 3.29. The zero-order valence-electron chi connectivity index (χ0n) is 16.1. The van der Waals surface area contributed by atoms with Crippen LogP contribution in [-0.2, 0) is 7.05 Å². The summed E-state index contributed by atoms with van der Waals surface area (Å²) in [4.78, 5) is 27.2. The first-order valence-electron chi connectivity index (χ1n) is 9.24. The van der Waals surface area contributed by atoms with Gasteiger partial charge in [-0.25, -0.2) is 9.97 Å². The van der Waals surface area contributed by atoms with E-state index in [0.29, 0.717) is 13.1 Å². The highest BCUT2D eigenvalue weighted by molar-refractivity contribution is 7.12. The lowest BCUT2D eigenvalue weighted by molar-refractivity contribution is 0.0751. The zero-order valence-corrected chi connectivity index (χ0v) is 17.0. The van der Waals surface area contributed by atoms with E-state index in [4.69, 9.17) is 9.97 Å². The lowest BCUT2D eigenvalue weighted by atomic mass is 10.2. The summed E-state index contributed by atoms with van der Waals surface area (Å²) in [6.45, 7) is 9.09. The first-order valence-corrected chi connectivity index (χ1v) is 10.1. The van der Waals surface area contributed by atoms with Gasteiger partial charge in [-0.1, -0.05) is 19.9 Å². The Hall–Kier alpha value is -2.48.